The Morgan fingerprint density at radius 3 is 2.52 bits per heavy atom. The third kappa shape index (κ3) is 3.88. The van der Waals surface area contributed by atoms with E-state index in [4.69, 9.17) is 4.74 Å². The van der Waals surface area contributed by atoms with Gasteiger partial charge in [0.1, 0.15) is 11.6 Å². The van der Waals surface area contributed by atoms with Crippen LogP contribution in [0.3, 0.4) is 0 Å². The molecule has 1 saturated heterocycles. The van der Waals surface area contributed by atoms with Crippen molar-refractivity contribution >= 4 is 27.5 Å². The van der Waals surface area contributed by atoms with Crippen molar-refractivity contribution in [2.45, 2.75) is 24.8 Å². The van der Waals surface area contributed by atoms with Gasteiger partial charge in [0.05, 0.1) is 16.1 Å². The number of sulfonamides is 1. The molecule has 2 heterocycles. The number of hydrogen-bond donors (Lipinski definition) is 1. The molecule has 2 aromatic rings. The Bertz CT molecular complexity index is 1160. The van der Waals surface area contributed by atoms with E-state index in [-0.39, 0.29) is 42.5 Å². The number of carbonyl (C=O) groups is 2. The van der Waals surface area contributed by atoms with Crippen molar-refractivity contribution in [2.24, 2.45) is 0 Å². The Kier molecular flexibility index (Phi) is 5.44. The molecule has 0 spiro atoms. The molecular weight excluding hydrogens is 425 g/mol. The second-order valence-corrected chi connectivity index (χ2v) is 9.45. The van der Waals surface area contributed by atoms with Gasteiger partial charge in [0.15, 0.2) is 6.10 Å². The number of aryl methyl sites for hydroxylation is 1. The van der Waals surface area contributed by atoms with Crippen molar-refractivity contribution in [3.63, 3.8) is 0 Å². The molecular formula is C21H22FN3O5S. The van der Waals surface area contributed by atoms with Crippen LogP contribution in [-0.2, 0) is 14.8 Å². The highest BCUT2D eigenvalue weighted by Crippen LogP contribution is 2.35. The minimum atomic E-state index is -3.85. The largest absolute Gasteiger partial charge is 0.479 e. The first-order valence-electron chi connectivity index (χ1n) is 9.84. The lowest BCUT2D eigenvalue weighted by molar-refractivity contribution is -0.122. The predicted octanol–water partition coefficient (Wildman–Crippen LogP) is 2.00. The normalized spacial score (nSPS) is 19.4. The maximum absolute atomic E-state index is 13.9. The highest BCUT2D eigenvalue weighted by Gasteiger charge is 2.34. The maximum Gasteiger partial charge on any atom is 0.265 e. The molecule has 2 aliphatic rings. The zero-order valence-corrected chi connectivity index (χ0v) is 17.9. The Labute approximate surface area is 179 Å². The van der Waals surface area contributed by atoms with Gasteiger partial charge in [0.25, 0.3) is 11.8 Å². The lowest BCUT2D eigenvalue weighted by atomic mass is 10.1. The van der Waals surface area contributed by atoms with E-state index in [1.54, 1.807) is 26.0 Å². The molecule has 10 heteroatoms. The lowest BCUT2D eigenvalue weighted by Crippen LogP contribution is -2.50. The maximum atomic E-state index is 13.9. The molecule has 1 atom stereocenters. The number of hydrogen-bond acceptors (Lipinski definition) is 5. The van der Waals surface area contributed by atoms with Crippen LogP contribution in [0.15, 0.2) is 41.3 Å². The molecule has 4 rings (SSSR count). The van der Waals surface area contributed by atoms with Crippen molar-refractivity contribution in [1.82, 2.24) is 9.21 Å². The summed E-state index contributed by atoms with van der Waals surface area (Å²) in [6.45, 7) is 3.72. The average Bonchev–Trinajstić information content (AvgIpc) is 2.74. The number of rotatable bonds is 3. The zero-order valence-electron chi connectivity index (χ0n) is 17.1. The lowest BCUT2D eigenvalue weighted by Gasteiger charge is -2.34. The fourth-order valence-corrected chi connectivity index (χ4v) is 5.34. The molecule has 0 aliphatic carbocycles. The van der Waals surface area contributed by atoms with Crippen LogP contribution < -0.4 is 10.1 Å². The summed E-state index contributed by atoms with van der Waals surface area (Å²) >= 11 is 0. The van der Waals surface area contributed by atoms with Crippen LogP contribution in [0.25, 0.3) is 0 Å². The number of benzene rings is 2. The number of piperazine rings is 1. The van der Waals surface area contributed by atoms with Crippen molar-refractivity contribution in [1.29, 1.82) is 0 Å². The van der Waals surface area contributed by atoms with E-state index < -0.39 is 27.9 Å². The molecule has 2 amide bonds. The van der Waals surface area contributed by atoms with E-state index in [1.807, 2.05) is 0 Å². The highest BCUT2D eigenvalue weighted by atomic mass is 32.2. The molecule has 8 nitrogen and oxygen atoms in total. The van der Waals surface area contributed by atoms with E-state index in [0.29, 0.717) is 17.0 Å². The third-order valence-corrected chi connectivity index (χ3v) is 7.50. The van der Waals surface area contributed by atoms with Gasteiger partial charge in [0.2, 0.25) is 10.0 Å². The summed E-state index contributed by atoms with van der Waals surface area (Å²) in [5, 5.41) is 2.70. The Hall–Kier alpha value is -2.98. The first kappa shape index (κ1) is 21.3. The van der Waals surface area contributed by atoms with Gasteiger partial charge in [-0.25, -0.2) is 12.8 Å². The van der Waals surface area contributed by atoms with Gasteiger partial charge >= 0.3 is 0 Å². The molecule has 2 aliphatic heterocycles. The van der Waals surface area contributed by atoms with Crippen LogP contribution in [0.1, 0.15) is 22.8 Å². The minimum Gasteiger partial charge on any atom is -0.479 e. The standard InChI is InChI=1S/C21H22FN3O5S/c1-13-11-17-18(30-14(2)20(26)23-17)12-19(13)31(28,29)25-9-7-24(8-10-25)21(27)15-5-3-4-6-16(15)22/h3-6,11-12,14H,7-10H2,1-2H3,(H,23,26)/t14-/m1/s1. The zero-order chi connectivity index (χ0) is 22.3. The third-order valence-electron chi connectivity index (χ3n) is 5.46. The quantitative estimate of drug-likeness (QED) is 0.777. The van der Waals surface area contributed by atoms with E-state index in [2.05, 4.69) is 5.32 Å². The number of carbonyl (C=O) groups excluding carboxylic acids is 2. The van der Waals surface area contributed by atoms with Gasteiger partial charge in [-0.05, 0) is 37.6 Å². The summed E-state index contributed by atoms with van der Waals surface area (Å²) in [5.41, 5.74) is 0.875. The molecule has 1 N–H and O–H groups in total. The van der Waals surface area contributed by atoms with Crippen LogP contribution in [0.2, 0.25) is 0 Å². The summed E-state index contributed by atoms with van der Waals surface area (Å²) in [5.74, 6) is -1.06. The molecule has 0 unspecified atom stereocenters. The predicted molar refractivity (Wildman–Crippen MR) is 111 cm³/mol. The van der Waals surface area contributed by atoms with E-state index in [1.165, 1.54) is 33.5 Å². The monoisotopic (exact) mass is 447 g/mol. The summed E-state index contributed by atoms with van der Waals surface area (Å²) < 4.78 is 47.3. The number of anilines is 1. The Morgan fingerprint density at radius 2 is 1.84 bits per heavy atom. The van der Waals surface area contributed by atoms with Gasteiger partial charge in [-0.3, -0.25) is 9.59 Å². The SMILES string of the molecule is Cc1cc2c(cc1S(=O)(=O)N1CCN(C(=O)c3ccccc3F)CC1)O[C@H](C)C(=O)N2. The van der Waals surface area contributed by atoms with Crippen LogP contribution in [0.4, 0.5) is 10.1 Å². The van der Waals surface area contributed by atoms with Gasteiger partial charge < -0.3 is 15.0 Å². The van der Waals surface area contributed by atoms with Crippen LogP contribution in [0, 0.1) is 12.7 Å². The topological polar surface area (TPSA) is 96.0 Å². The average molecular weight is 447 g/mol. The van der Waals surface area contributed by atoms with Crippen LogP contribution >= 0.6 is 0 Å². The summed E-state index contributed by atoms with van der Waals surface area (Å²) in [6.07, 6.45) is -0.723. The molecule has 0 aromatic heterocycles. The molecule has 31 heavy (non-hydrogen) atoms. The van der Waals surface area contributed by atoms with E-state index in [0.717, 1.165) is 0 Å². The van der Waals surface area contributed by atoms with E-state index >= 15 is 0 Å². The number of fused-ring (bicyclic) bond motifs is 1. The summed E-state index contributed by atoms with van der Waals surface area (Å²) in [6, 6.07) is 8.72. The first-order chi connectivity index (χ1) is 14.7. The number of halogens is 1. The van der Waals surface area contributed by atoms with Crippen molar-refractivity contribution in [3.8, 4) is 5.75 Å². The van der Waals surface area contributed by atoms with Crippen LogP contribution in [0.5, 0.6) is 5.75 Å². The van der Waals surface area contributed by atoms with Gasteiger partial charge in [0, 0.05) is 32.2 Å². The second kappa shape index (κ2) is 7.93. The van der Waals surface area contributed by atoms with Crippen molar-refractivity contribution in [3.05, 3.63) is 53.3 Å². The molecule has 0 radical (unpaired) electrons. The number of nitrogens with one attached hydrogen (secondary N) is 1. The van der Waals surface area contributed by atoms with Gasteiger partial charge in [-0.15, -0.1) is 0 Å². The number of ether oxygens (including phenoxy) is 1. The fourth-order valence-electron chi connectivity index (χ4n) is 3.70. The van der Waals surface area contributed by atoms with Crippen molar-refractivity contribution < 1.29 is 27.1 Å². The van der Waals surface area contributed by atoms with Crippen molar-refractivity contribution in [2.75, 3.05) is 31.5 Å². The number of nitrogens with zero attached hydrogens (tertiary/aromatic N) is 2. The molecule has 164 valence electrons. The summed E-state index contributed by atoms with van der Waals surface area (Å²) in [7, 11) is -3.85. The second-order valence-electron chi connectivity index (χ2n) is 7.54. The molecule has 1 fully saturated rings. The van der Waals surface area contributed by atoms with Gasteiger partial charge in [-0.1, -0.05) is 12.1 Å². The molecule has 0 saturated carbocycles. The molecule has 0 bridgehead atoms. The Morgan fingerprint density at radius 1 is 1.16 bits per heavy atom. The number of amides is 2. The molecule has 2 aromatic carbocycles. The van der Waals surface area contributed by atoms with Gasteiger partial charge in [-0.2, -0.15) is 4.31 Å². The van der Waals surface area contributed by atoms with Crippen LogP contribution in [-0.4, -0.2) is 61.7 Å². The minimum absolute atomic E-state index is 0.0299. The summed E-state index contributed by atoms with van der Waals surface area (Å²) in [4.78, 5) is 25.9. The fraction of sp³-hybridized carbons (Fsp3) is 0.333. The smallest absolute Gasteiger partial charge is 0.265 e. The highest BCUT2D eigenvalue weighted by molar-refractivity contribution is 7.89. The Balaban J connectivity index is 1.52. The van der Waals surface area contributed by atoms with E-state index in [9.17, 15) is 22.4 Å². The first-order valence-corrected chi connectivity index (χ1v) is 11.3.